The fourth-order valence-corrected chi connectivity index (χ4v) is 3.39. The van der Waals surface area contributed by atoms with Crippen LogP contribution in [-0.4, -0.2) is 28.9 Å². The lowest BCUT2D eigenvalue weighted by molar-refractivity contribution is -0.123. The molecule has 2 aliphatic rings. The van der Waals surface area contributed by atoms with E-state index in [1.807, 2.05) is 0 Å². The van der Waals surface area contributed by atoms with E-state index in [4.69, 9.17) is 23.2 Å². The Hall–Kier alpha value is -2.51. The third-order valence-electron chi connectivity index (χ3n) is 4.32. The number of nitrogens with zero attached hydrogens (tertiary/aromatic N) is 4. The van der Waals surface area contributed by atoms with Crippen LogP contribution in [0.2, 0.25) is 10.0 Å². The highest BCUT2D eigenvalue weighted by molar-refractivity contribution is 6.31. The molecule has 26 heavy (non-hydrogen) atoms. The number of imide groups is 1. The van der Waals surface area contributed by atoms with Gasteiger partial charge in [0.25, 0.3) is 11.8 Å². The van der Waals surface area contributed by atoms with Gasteiger partial charge in [-0.3, -0.25) is 14.6 Å². The van der Waals surface area contributed by atoms with Crippen molar-refractivity contribution in [3.05, 3.63) is 63.9 Å². The largest absolute Gasteiger partial charge is 0.271 e. The molecule has 0 radical (unpaired) electrons. The summed E-state index contributed by atoms with van der Waals surface area (Å²) < 4.78 is 14.0. The lowest BCUT2D eigenvalue weighted by Crippen LogP contribution is -2.39. The maximum absolute atomic E-state index is 14.0. The quantitative estimate of drug-likeness (QED) is 0.749. The summed E-state index contributed by atoms with van der Waals surface area (Å²) in [5.41, 5.74) is 0.594. The zero-order chi connectivity index (χ0) is 18.4. The number of anilines is 1. The standard InChI is InChI=1S/C17H11Cl2FN4O2/c18-9-4-6-10(7-5-9)24-16(25)14-15(17(24)26)23(22-21-14)8-11-12(19)2-1-3-13(11)20/h1-7,14-15H,8H2/t14-,15+/m0/s1. The third kappa shape index (κ3) is 2.64. The predicted octanol–water partition coefficient (Wildman–Crippen LogP) is 3.63. The van der Waals surface area contributed by atoms with Gasteiger partial charge in [-0.1, -0.05) is 34.5 Å². The van der Waals surface area contributed by atoms with E-state index in [-0.39, 0.29) is 17.1 Å². The average molecular weight is 393 g/mol. The van der Waals surface area contributed by atoms with Gasteiger partial charge >= 0.3 is 0 Å². The lowest BCUT2D eigenvalue weighted by atomic mass is 10.1. The topological polar surface area (TPSA) is 65.3 Å². The van der Waals surface area contributed by atoms with Crippen molar-refractivity contribution in [1.29, 1.82) is 0 Å². The fourth-order valence-electron chi connectivity index (χ4n) is 3.04. The van der Waals surface area contributed by atoms with Crippen molar-refractivity contribution < 1.29 is 14.0 Å². The van der Waals surface area contributed by atoms with Crippen LogP contribution in [0.5, 0.6) is 0 Å². The Morgan fingerprint density at radius 2 is 1.77 bits per heavy atom. The summed E-state index contributed by atoms with van der Waals surface area (Å²) in [4.78, 5) is 26.5. The van der Waals surface area contributed by atoms with Crippen LogP contribution in [0.4, 0.5) is 10.1 Å². The SMILES string of the molecule is O=C1[C@H]2N=NN(Cc3c(F)cccc3Cl)[C@H]2C(=O)N1c1ccc(Cl)cc1. The molecule has 2 aliphatic heterocycles. The van der Waals surface area contributed by atoms with Crippen molar-refractivity contribution in [2.75, 3.05) is 4.90 Å². The Morgan fingerprint density at radius 1 is 1.04 bits per heavy atom. The van der Waals surface area contributed by atoms with Gasteiger partial charge < -0.3 is 0 Å². The molecule has 4 rings (SSSR count). The summed E-state index contributed by atoms with van der Waals surface area (Å²) in [6.07, 6.45) is 0. The Labute approximate surface area is 157 Å². The summed E-state index contributed by atoms with van der Waals surface area (Å²) in [6, 6.07) is 8.76. The molecular formula is C17H11Cl2FN4O2. The second kappa shape index (κ2) is 6.34. The number of hydrogen-bond acceptors (Lipinski definition) is 5. The Morgan fingerprint density at radius 3 is 2.46 bits per heavy atom. The number of carbonyl (C=O) groups excluding carboxylic acids is 2. The zero-order valence-corrected chi connectivity index (χ0v) is 14.7. The highest BCUT2D eigenvalue weighted by Crippen LogP contribution is 2.34. The maximum atomic E-state index is 14.0. The number of fused-ring (bicyclic) bond motifs is 1. The first-order valence-electron chi connectivity index (χ1n) is 7.71. The number of amides is 2. The average Bonchev–Trinajstić information content (AvgIpc) is 3.13. The molecule has 2 aromatic carbocycles. The van der Waals surface area contributed by atoms with E-state index in [9.17, 15) is 14.0 Å². The van der Waals surface area contributed by atoms with Crippen LogP contribution in [0.25, 0.3) is 0 Å². The number of hydrogen-bond donors (Lipinski definition) is 0. The first kappa shape index (κ1) is 16.9. The Balaban J connectivity index is 1.63. The van der Waals surface area contributed by atoms with Crippen molar-refractivity contribution in [3.63, 3.8) is 0 Å². The molecule has 6 nitrogen and oxygen atoms in total. The molecule has 9 heteroatoms. The van der Waals surface area contributed by atoms with Crippen LogP contribution < -0.4 is 4.90 Å². The molecule has 1 saturated heterocycles. The fraction of sp³-hybridized carbons (Fsp3) is 0.176. The summed E-state index contributed by atoms with van der Waals surface area (Å²) in [5, 5.41) is 9.79. The summed E-state index contributed by atoms with van der Waals surface area (Å²) in [7, 11) is 0. The molecule has 0 N–H and O–H groups in total. The minimum atomic E-state index is -0.955. The van der Waals surface area contributed by atoms with Crippen molar-refractivity contribution in [2.24, 2.45) is 10.3 Å². The van der Waals surface area contributed by atoms with Gasteiger partial charge in [0.05, 0.1) is 12.2 Å². The third-order valence-corrected chi connectivity index (χ3v) is 4.93. The zero-order valence-electron chi connectivity index (χ0n) is 13.1. The van der Waals surface area contributed by atoms with Gasteiger partial charge in [-0.2, -0.15) is 5.11 Å². The van der Waals surface area contributed by atoms with E-state index < -0.39 is 29.7 Å². The molecule has 0 unspecified atom stereocenters. The Bertz CT molecular complexity index is 915. The first-order chi connectivity index (χ1) is 12.5. The molecule has 0 aromatic heterocycles. The summed E-state index contributed by atoms with van der Waals surface area (Å²) in [5.74, 6) is -1.46. The van der Waals surface area contributed by atoms with Crippen molar-refractivity contribution in [2.45, 2.75) is 18.6 Å². The first-order valence-corrected chi connectivity index (χ1v) is 8.46. The normalized spacial score (nSPS) is 21.7. The van der Waals surface area contributed by atoms with Gasteiger partial charge in [0, 0.05) is 15.6 Å². The molecule has 1 fully saturated rings. The lowest BCUT2D eigenvalue weighted by Gasteiger charge is -2.21. The van der Waals surface area contributed by atoms with E-state index in [1.165, 1.54) is 17.1 Å². The molecule has 2 atom stereocenters. The van der Waals surface area contributed by atoms with E-state index >= 15 is 0 Å². The van der Waals surface area contributed by atoms with E-state index in [0.717, 1.165) is 4.90 Å². The van der Waals surface area contributed by atoms with Crippen LogP contribution in [0, 0.1) is 5.82 Å². The molecule has 0 saturated carbocycles. The number of carbonyl (C=O) groups is 2. The van der Waals surface area contributed by atoms with Gasteiger partial charge in [0.15, 0.2) is 12.1 Å². The van der Waals surface area contributed by atoms with Crippen LogP contribution >= 0.6 is 23.2 Å². The van der Waals surface area contributed by atoms with Gasteiger partial charge in [0.1, 0.15) is 5.82 Å². The highest BCUT2D eigenvalue weighted by atomic mass is 35.5. The van der Waals surface area contributed by atoms with Crippen LogP contribution in [-0.2, 0) is 16.1 Å². The minimum Gasteiger partial charge on any atom is -0.271 e. The van der Waals surface area contributed by atoms with E-state index in [1.54, 1.807) is 30.3 Å². The van der Waals surface area contributed by atoms with Crippen molar-refractivity contribution >= 4 is 40.7 Å². The van der Waals surface area contributed by atoms with Crippen molar-refractivity contribution in [3.8, 4) is 0 Å². The van der Waals surface area contributed by atoms with Crippen molar-refractivity contribution in [1.82, 2.24) is 5.01 Å². The minimum absolute atomic E-state index is 0.0658. The number of benzene rings is 2. The molecule has 0 aliphatic carbocycles. The van der Waals surface area contributed by atoms with E-state index in [2.05, 4.69) is 10.3 Å². The second-order valence-electron chi connectivity index (χ2n) is 5.88. The van der Waals surface area contributed by atoms with Crippen LogP contribution in [0.3, 0.4) is 0 Å². The number of halogens is 3. The smallest absolute Gasteiger partial charge is 0.263 e. The highest BCUT2D eigenvalue weighted by Gasteiger charge is 2.54. The van der Waals surface area contributed by atoms with Crippen LogP contribution in [0.1, 0.15) is 5.56 Å². The van der Waals surface area contributed by atoms with Gasteiger partial charge in [-0.25, -0.2) is 9.29 Å². The van der Waals surface area contributed by atoms with Gasteiger partial charge in [-0.05, 0) is 36.4 Å². The molecule has 0 bridgehead atoms. The van der Waals surface area contributed by atoms with Crippen LogP contribution in [0.15, 0.2) is 52.8 Å². The predicted molar refractivity (Wildman–Crippen MR) is 93.3 cm³/mol. The van der Waals surface area contributed by atoms with Gasteiger partial charge in [0.2, 0.25) is 0 Å². The summed E-state index contributed by atoms with van der Waals surface area (Å²) in [6.45, 7) is -0.0658. The second-order valence-corrected chi connectivity index (χ2v) is 6.72. The van der Waals surface area contributed by atoms with Gasteiger partial charge in [-0.15, -0.1) is 0 Å². The number of rotatable bonds is 3. The maximum Gasteiger partial charge on any atom is 0.263 e. The molecule has 2 heterocycles. The summed E-state index contributed by atoms with van der Waals surface area (Å²) >= 11 is 11.9. The molecule has 132 valence electrons. The molecule has 2 aromatic rings. The van der Waals surface area contributed by atoms with E-state index in [0.29, 0.717) is 10.7 Å². The molecular weight excluding hydrogens is 382 g/mol. The monoisotopic (exact) mass is 392 g/mol. The molecule has 0 spiro atoms. The Kier molecular flexibility index (Phi) is 4.13. The molecule has 2 amide bonds.